The van der Waals surface area contributed by atoms with E-state index in [1.807, 2.05) is 0 Å². The predicted octanol–water partition coefficient (Wildman–Crippen LogP) is 3.76. The third-order valence-electron chi connectivity index (χ3n) is 4.25. The highest BCUT2D eigenvalue weighted by molar-refractivity contribution is 7.75. The zero-order valence-electron chi connectivity index (χ0n) is 11.3. The van der Waals surface area contributed by atoms with Gasteiger partial charge in [-0.3, -0.25) is 8.37 Å². The van der Waals surface area contributed by atoms with E-state index >= 15 is 0 Å². The minimum Gasteiger partial charge on any atom is -0.268 e. The van der Waals surface area contributed by atoms with Crippen LogP contribution >= 0.6 is 0 Å². The van der Waals surface area contributed by atoms with E-state index in [9.17, 15) is 4.21 Å². The Bertz CT molecular complexity index is 221. The maximum Gasteiger partial charge on any atom is 0.304 e. The van der Waals surface area contributed by atoms with Crippen LogP contribution in [-0.2, 0) is 19.7 Å². The summed E-state index contributed by atoms with van der Waals surface area (Å²) in [4.78, 5) is 0. The summed E-state index contributed by atoms with van der Waals surface area (Å²) >= 11 is -1.52. The van der Waals surface area contributed by atoms with Crippen molar-refractivity contribution < 1.29 is 12.6 Å². The molecule has 0 unspecified atom stereocenters. The third kappa shape index (κ3) is 5.37. The standard InChI is InChI=1S/C14H26O3S/c15-18(16-11-13-7-3-1-4-8-13)17-12-14-9-5-2-6-10-14/h13-14H,1-12H2. The van der Waals surface area contributed by atoms with Gasteiger partial charge in [-0.15, -0.1) is 0 Å². The van der Waals surface area contributed by atoms with E-state index < -0.39 is 11.4 Å². The van der Waals surface area contributed by atoms with Crippen LogP contribution in [0, 0.1) is 11.8 Å². The van der Waals surface area contributed by atoms with Crippen molar-refractivity contribution in [2.24, 2.45) is 11.8 Å². The molecule has 2 aliphatic rings. The van der Waals surface area contributed by atoms with E-state index in [0.29, 0.717) is 25.0 Å². The molecule has 2 aliphatic carbocycles. The third-order valence-corrected chi connectivity index (χ3v) is 4.91. The van der Waals surface area contributed by atoms with Gasteiger partial charge in [0.05, 0.1) is 13.2 Å². The molecule has 0 aromatic rings. The Morgan fingerprint density at radius 1 is 0.722 bits per heavy atom. The van der Waals surface area contributed by atoms with Crippen LogP contribution < -0.4 is 0 Å². The lowest BCUT2D eigenvalue weighted by Gasteiger charge is -2.22. The van der Waals surface area contributed by atoms with Gasteiger partial charge in [0, 0.05) is 0 Å². The van der Waals surface area contributed by atoms with Crippen molar-refractivity contribution in [1.82, 2.24) is 0 Å². The molecule has 0 spiro atoms. The minimum atomic E-state index is -1.52. The minimum absolute atomic E-state index is 0.598. The van der Waals surface area contributed by atoms with Gasteiger partial charge in [0.1, 0.15) is 0 Å². The fourth-order valence-corrected chi connectivity index (χ4v) is 3.72. The number of hydrogen-bond acceptors (Lipinski definition) is 3. The van der Waals surface area contributed by atoms with Gasteiger partial charge in [0.15, 0.2) is 0 Å². The van der Waals surface area contributed by atoms with Crippen LogP contribution in [0.5, 0.6) is 0 Å². The van der Waals surface area contributed by atoms with Crippen LogP contribution in [0.15, 0.2) is 0 Å². The Kier molecular flexibility index (Phi) is 6.66. The summed E-state index contributed by atoms with van der Waals surface area (Å²) in [6.45, 7) is 1.22. The molecule has 0 N–H and O–H groups in total. The van der Waals surface area contributed by atoms with Crippen LogP contribution in [0.25, 0.3) is 0 Å². The summed E-state index contributed by atoms with van der Waals surface area (Å²) in [5.41, 5.74) is 0. The molecule has 18 heavy (non-hydrogen) atoms. The van der Waals surface area contributed by atoms with E-state index in [4.69, 9.17) is 8.37 Å². The molecule has 0 amide bonds. The van der Waals surface area contributed by atoms with Gasteiger partial charge in [-0.2, -0.15) is 4.21 Å². The summed E-state index contributed by atoms with van der Waals surface area (Å²) in [5.74, 6) is 1.20. The fourth-order valence-electron chi connectivity index (χ4n) is 3.05. The van der Waals surface area contributed by atoms with Crippen molar-refractivity contribution >= 4 is 11.4 Å². The van der Waals surface area contributed by atoms with Crippen LogP contribution in [0.1, 0.15) is 64.2 Å². The zero-order chi connectivity index (χ0) is 12.6. The van der Waals surface area contributed by atoms with Crippen LogP contribution in [0.2, 0.25) is 0 Å². The first-order valence-electron chi connectivity index (χ1n) is 7.53. The van der Waals surface area contributed by atoms with Gasteiger partial charge in [-0.05, 0) is 37.5 Å². The summed E-state index contributed by atoms with van der Waals surface area (Å²) in [5, 5.41) is 0. The van der Waals surface area contributed by atoms with Crippen LogP contribution in [0.4, 0.5) is 0 Å². The van der Waals surface area contributed by atoms with Crippen molar-refractivity contribution in [3.63, 3.8) is 0 Å². The Morgan fingerprint density at radius 2 is 1.11 bits per heavy atom. The van der Waals surface area contributed by atoms with Gasteiger partial charge in [-0.25, -0.2) is 0 Å². The summed E-state index contributed by atoms with van der Waals surface area (Å²) in [6, 6.07) is 0. The van der Waals surface area contributed by atoms with Crippen molar-refractivity contribution in [3.8, 4) is 0 Å². The molecule has 0 atom stereocenters. The molecule has 2 saturated carbocycles. The lowest BCUT2D eigenvalue weighted by Crippen LogP contribution is -2.18. The highest BCUT2D eigenvalue weighted by Gasteiger charge is 2.17. The number of rotatable bonds is 6. The fraction of sp³-hybridized carbons (Fsp3) is 1.00. The molecule has 0 aromatic carbocycles. The van der Waals surface area contributed by atoms with Gasteiger partial charge < -0.3 is 0 Å². The molecule has 3 nitrogen and oxygen atoms in total. The molecule has 0 aromatic heterocycles. The van der Waals surface area contributed by atoms with Crippen molar-refractivity contribution in [1.29, 1.82) is 0 Å². The summed E-state index contributed by atoms with van der Waals surface area (Å²) in [6.07, 6.45) is 12.8. The van der Waals surface area contributed by atoms with E-state index in [-0.39, 0.29) is 0 Å². The molecule has 0 aliphatic heterocycles. The van der Waals surface area contributed by atoms with Gasteiger partial charge in [0.25, 0.3) is 0 Å². The molecule has 0 bridgehead atoms. The molecule has 2 fully saturated rings. The van der Waals surface area contributed by atoms with E-state index in [1.165, 1.54) is 64.2 Å². The lowest BCUT2D eigenvalue weighted by atomic mass is 9.90. The second-order valence-electron chi connectivity index (χ2n) is 5.78. The lowest BCUT2D eigenvalue weighted by molar-refractivity contribution is 0.166. The monoisotopic (exact) mass is 274 g/mol. The highest BCUT2D eigenvalue weighted by atomic mass is 32.2. The molecular weight excluding hydrogens is 248 g/mol. The molecular formula is C14H26O3S. The quantitative estimate of drug-likeness (QED) is 0.740. The molecule has 0 radical (unpaired) electrons. The summed E-state index contributed by atoms with van der Waals surface area (Å²) in [7, 11) is 0. The first-order chi connectivity index (χ1) is 8.84. The van der Waals surface area contributed by atoms with E-state index in [1.54, 1.807) is 0 Å². The van der Waals surface area contributed by atoms with Gasteiger partial charge >= 0.3 is 11.4 Å². The maximum atomic E-state index is 11.6. The van der Waals surface area contributed by atoms with E-state index in [2.05, 4.69) is 0 Å². The average molecular weight is 274 g/mol. The first kappa shape index (κ1) is 14.5. The normalized spacial score (nSPS) is 23.6. The van der Waals surface area contributed by atoms with Crippen molar-refractivity contribution in [2.45, 2.75) is 64.2 Å². The molecule has 2 rings (SSSR count). The second-order valence-corrected chi connectivity index (χ2v) is 6.66. The molecule has 4 heteroatoms. The topological polar surface area (TPSA) is 35.5 Å². The Balaban J connectivity index is 1.54. The smallest absolute Gasteiger partial charge is 0.268 e. The molecule has 106 valence electrons. The Morgan fingerprint density at radius 3 is 1.50 bits per heavy atom. The largest absolute Gasteiger partial charge is 0.304 e. The zero-order valence-corrected chi connectivity index (χ0v) is 12.1. The summed E-state index contributed by atoms with van der Waals surface area (Å²) < 4.78 is 22.2. The van der Waals surface area contributed by atoms with Crippen molar-refractivity contribution in [3.05, 3.63) is 0 Å². The van der Waals surface area contributed by atoms with Crippen LogP contribution in [0.3, 0.4) is 0 Å². The van der Waals surface area contributed by atoms with Gasteiger partial charge in [0.2, 0.25) is 0 Å². The SMILES string of the molecule is O=S(OCC1CCCCC1)OCC1CCCCC1. The molecule has 0 heterocycles. The average Bonchev–Trinajstić information content (AvgIpc) is 2.45. The maximum absolute atomic E-state index is 11.6. The second kappa shape index (κ2) is 8.28. The first-order valence-corrected chi connectivity index (χ1v) is 8.53. The molecule has 0 saturated heterocycles. The number of hydrogen-bond donors (Lipinski definition) is 0. The Labute approximate surface area is 113 Å². The van der Waals surface area contributed by atoms with Crippen LogP contribution in [-0.4, -0.2) is 17.4 Å². The van der Waals surface area contributed by atoms with E-state index in [0.717, 1.165) is 0 Å². The van der Waals surface area contributed by atoms with Crippen molar-refractivity contribution in [2.75, 3.05) is 13.2 Å². The Hall–Kier alpha value is 0.0700. The highest BCUT2D eigenvalue weighted by Crippen LogP contribution is 2.25. The van der Waals surface area contributed by atoms with Gasteiger partial charge in [-0.1, -0.05) is 38.5 Å². The predicted molar refractivity (Wildman–Crippen MR) is 73.2 cm³/mol.